The number of amides is 1. The molecule has 3 nitrogen and oxygen atoms in total. The summed E-state index contributed by atoms with van der Waals surface area (Å²) in [4.78, 5) is 13.8. The molecule has 1 aromatic rings. The molecule has 1 aromatic carbocycles. The maximum atomic E-state index is 12.9. The number of rotatable bonds is 1. The Hall–Kier alpha value is -1.42. The van der Waals surface area contributed by atoms with Crippen molar-refractivity contribution >= 4 is 11.6 Å². The van der Waals surface area contributed by atoms with Crippen LogP contribution in [0.15, 0.2) is 24.3 Å². The van der Waals surface area contributed by atoms with Gasteiger partial charge in [0, 0.05) is 30.6 Å². The zero-order chi connectivity index (χ0) is 11.9. The Bertz CT molecular complexity index is 437. The molecule has 0 radical (unpaired) electrons. The maximum Gasteiger partial charge on any atom is 0.227 e. The minimum atomic E-state index is -0.266. The van der Waals surface area contributed by atoms with E-state index in [0.717, 1.165) is 31.7 Å². The highest BCUT2D eigenvalue weighted by atomic mass is 19.1. The summed E-state index contributed by atoms with van der Waals surface area (Å²) in [5, 5.41) is 3.32. The van der Waals surface area contributed by atoms with E-state index in [2.05, 4.69) is 5.32 Å². The molecular formula is C13H15FN2O. The quantitative estimate of drug-likeness (QED) is 0.799. The zero-order valence-electron chi connectivity index (χ0n) is 9.58. The fraction of sp³-hybridized carbons (Fsp3) is 0.462. The van der Waals surface area contributed by atoms with Crippen LogP contribution in [0.25, 0.3) is 0 Å². The molecule has 2 aliphatic heterocycles. The van der Waals surface area contributed by atoms with Gasteiger partial charge in [-0.05, 0) is 37.2 Å². The van der Waals surface area contributed by atoms with E-state index in [1.54, 1.807) is 17.0 Å². The molecule has 2 heterocycles. The van der Waals surface area contributed by atoms with Crippen molar-refractivity contribution in [2.45, 2.75) is 12.8 Å². The smallest absolute Gasteiger partial charge is 0.227 e. The first-order chi connectivity index (χ1) is 8.19. The van der Waals surface area contributed by atoms with Gasteiger partial charge in [0.2, 0.25) is 5.91 Å². The van der Waals surface area contributed by atoms with E-state index in [1.165, 1.54) is 12.1 Å². The van der Waals surface area contributed by atoms with E-state index >= 15 is 0 Å². The lowest BCUT2D eigenvalue weighted by Crippen LogP contribution is -2.29. The molecule has 90 valence electrons. The molecule has 2 fully saturated rings. The fourth-order valence-electron chi connectivity index (χ4n) is 2.83. The third-order valence-corrected chi connectivity index (χ3v) is 3.79. The van der Waals surface area contributed by atoms with E-state index in [-0.39, 0.29) is 17.1 Å². The third kappa shape index (κ3) is 1.82. The Morgan fingerprint density at radius 3 is 2.71 bits per heavy atom. The SMILES string of the molecule is O=C1C[C@@]2(CCNC2)CN1c1ccc(F)cc1. The van der Waals surface area contributed by atoms with Crippen LogP contribution in [0.1, 0.15) is 12.8 Å². The Kier molecular flexibility index (Phi) is 2.40. The summed E-state index contributed by atoms with van der Waals surface area (Å²) in [6.07, 6.45) is 1.66. The van der Waals surface area contributed by atoms with Gasteiger partial charge in [-0.15, -0.1) is 0 Å². The molecule has 2 aliphatic rings. The van der Waals surface area contributed by atoms with Crippen molar-refractivity contribution in [2.24, 2.45) is 5.41 Å². The van der Waals surface area contributed by atoms with E-state index in [0.29, 0.717) is 6.42 Å². The van der Waals surface area contributed by atoms with Gasteiger partial charge >= 0.3 is 0 Å². The van der Waals surface area contributed by atoms with Crippen LogP contribution in [0.2, 0.25) is 0 Å². The van der Waals surface area contributed by atoms with E-state index in [9.17, 15) is 9.18 Å². The lowest BCUT2D eigenvalue weighted by atomic mass is 9.86. The molecule has 1 amide bonds. The molecule has 0 bridgehead atoms. The molecule has 1 spiro atoms. The van der Waals surface area contributed by atoms with E-state index in [1.807, 2.05) is 0 Å². The van der Waals surface area contributed by atoms with Crippen molar-refractivity contribution in [1.29, 1.82) is 0 Å². The summed E-state index contributed by atoms with van der Waals surface area (Å²) >= 11 is 0. The molecule has 4 heteroatoms. The normalized spacial score (nSPS) is 28.3. The Morgan fingerprint density at radius 2 is 2.06 bits per heavy atom. The first kappa shape index (κ1) is 10.7. The largest absolute Gasteiger partial charge is 0.316 e. The molecule has 0 aliphatic carbocycles. The Balaban J connectivity index is 1.85. The Morgan fingerprint density at radius 1 is 1.29 bits per heavy atom. The highest BCUT2D eigenvalue weighted by Gasteiger charge is 2.45. The highest BCUT2D eigenvalue weighted by Crippen LogP contribution is 2.38. The van der Waals surface area contributed by atoms with E-state index in [4.69, 9.17) is 0 Å². The van der Waals surface area contributed by atoms with Gasteiger partial charge in [-0.1, -0.05) is 0 Å². The molecule has 1 N–H and O–H groups in total. The summed E-state index contributed by atoms with van der Waals surface area (Å²) in [7, 11) is 0. The average molecular weight is 234 g/mol. The number of nitrogens with zero attached hydrogens (tertiary/aromatic N) is 1. The summed E-state index contributed by atoms with van der Waals surface area (Å²) in [6.45, 7) is 2.66. The van der Waals surface area contributed by atoms with Gasteiger partial charge in [0.15, 0.2) is 0 Å². The standard InChI is InChI=1S/C13H15FN2O/c14-10-1-3-11(4-2-10)16-9-13(7-12(16)17)5-6-15-8-13/h1-4,15H,5-9H2/t13-/m1/s1. The van der Waals surface area contributed by atoms with Crippen LogP contribution in [0.3, 0.4) is 0 Å². The monoisotopic (exact) mass is 234 g/mol. The second-order valence-electron chi connectivity index (χ2n) is 5.06. The number of carbonyl (C=O) groups is 1. The maximum absolute atomic E-state index is 12.9. The lowest BCUT2D eigenvalue weighted by Gasteiger charge is -2.22. The van der Waals surface area contributed by atoms with Crippen LogP contribution in [-0.4, -0.2) is 25.5 Å². The highest BCUT2D eigenvalue weighted by molar-refractivity contribution is 5.96. The third-order valence-electron chi connectivity index (χ3n) is 3.79. The second kappa shape index (κ2) is 3.81. The minimum absolute atomic E-state index is 0.103. The minimum Gasteiger partial charge on any atom is -0.316 e. The topological polar surface area (TPSA) is 32.3 Å². The molecule has 2 saturated heterocycles. The zero-order valence-corrected chi connectivity index (χ0v) is 9.58. The fourth-order valence-corrected chi connectivity index (χ4v) is 2.83. The molecular weight excluding hydrogens is 219 g/mol. The number of benzene rings is 1. The van der Waals surface area contributed by atoms with Crippen LogP contribution in [-0.2, 0) is 4.79 Å². The molecule has 0 unspecified atom stereocenters. The number of hydrogen-bond acceptors (Lipinski definition) is 2. The van der Waals surface area contributed by atoms with Gasteiger partial charge in [-0.3, -0.25) is 4.79 Å². The van der Waals surface area contributed by atoms with Crippen LogP contribution in [0, 0.1) is 11.2 Å². The van der Waals surface area contributed by atoms with Crippen LogP contribution < -0.4 is 10.2 Å². The van der Waals surface area contributed by atoms with Gasteiger partial charge in [0.1, 0.15) is 5.82 Å². The number of halogens is 1. The number of nitrogens with one attached hydrogen (secondary N) is 1. The van der Waals surface area contributed by atoms with Gasteiger partial charge < -0.3 is 10.2 Å². The predicted octanol–water partition coefficient (Wildman–Crippen LogP) is 1.54. The van der Waals surface area contributed by atoms with Crippen molar-refractivity contribution in [3.63, 3.8) is 0 Å². The van der Waals surface area contributed by atoms with Crippen molar-refractivity contribution in [1.82, 2.24) is 5.32 Å². The van der Waals surface area contributed by atoms with Crippen LogP contribution in [0.5, 0.6) is 0 Å². The summed E-state index contributed by atoms with van der Waals surface area (Å²) in [5.74, 6) is -0.113. The van der Waals surface area contributed by atoms with Crippen LogP contribution >= 0.6 is 0 Å². The molecule has 3 rings (SSSR count). The first-order valence-electron chi connectivity index (χ1n) is 5.95. The average Bonchev–Trinajstić information content (AvgIpc) is 2.88. The first-order valence-corrected chi connectivity index (χ1v) is 5.95. The van der Waals surface area contributed by atoms with Crippen molar-refractivity contribution in [3.8, 4) is 0 Å². The van der Waals surface area contributed by atoms with Crippen molar-refractivity contribution in [2.75, 3.05) is 24.5 Å². The van der Waals surface area contributed by atoms with Gasteiger partial charge in [0.25, 0.3) is 0 Å². The molecule has 1 atom stereocenters. The number of carbonyl (C=O) groups excluding carboxylic acids is 1. The number of anilines is 1. The molecule has 0 aromatic heterocycles. The van der Waals surface area contributed by atoms with Crippen molar-refractivity contribution in [3.05, 3.63) is 30.1 Å². The lowest BCUT2D eigenvalue weighted by molar-refractivity contribution is -0.117. The Labute approximate surface area is 99.6 Å². The summed E-state index contributed by atoms with van der Waals surface area (Å²) in [5.41, 5.74) is 0.908. The van der Waals surface area contributed by atoms with Gasteiger partial charge in [-0.25, -0.2) is 4.39 Å². The summed E-state index contributed by atoms with van der Waals surface area (Å²) in [6, 6.07) is 6.16. The van der Waals surface area contributed by atoms with Crippen LogP contribution in [0.4, 0.5) is 10.1 Å². The van der Waals surface area contributed by atoms with E-state index < -0.39 is 0 Å². The summed E-state index contributed by atoms with van der Waals surface area (Å²) < 4.78 is 12.9. The molecule has 17 heavy (non-hydrogen) atoms. The van der Waals surface area contributed by atoms with Crippen molar-refractivity contribution < 1.29 is 9.18 Å². The molecule has 0 saturated carbocycles. The van der Waals surface area contributed by atoms with Gasteiger partial charge in [0.05, 0.1) is 0 Å². The second-order valence-corrected chi connectivity index (χ2v) is 5.06. The number of hydrogen-bond donors (Lipinski definition) is 1. The predicted molar refractivity (Wildman–Crippen MR) is 63.3 cm³/mol. The van der Waals surface area contributed by atoms with Gasteiger partial charge in [-0.2, -0.15) is 0 Å².